The van der Waals surface area contributed by atoms with Crippen molar-refractivity contribution in [2.75, 3.05) is 13.7 Å². The van der Waals surface area contributed by atoms with Crippen molar-refractivity contribution in [3.8, 4) is 5.75 Å². The van der Waals surface area contributed by atoms with Crippen LogP contribution >= 0.6 is 0 Å². The first-order chi connectivity index (χ1) is 16.1. The minimum Gasteiger partial charge on any atom is -0.497 e. The number of ether oxygens (including phenoxy) is 3. The zero-order valence-electron chi connectivity index (χ0n) is 20.6. The second kappa shape index (κ2) is 13.2. The first kappa shape index (κ1) is 25.8. The lowest BCUT2D eigenvalue weighted by Gasteiger charge is -2.26. The maximum Gasteiger partial charge on any atom is 0.411 e. The van der Waals surface area contributed by atoms with Crippen LogP contribution in [0.1, 0.15) is 96.0 Å². The number of amides is 1. The Morgan fingerprint density at radius 2 is 1.55 bits per heavy atom. The van der Waals surface area contributed by atoms with E-state index in [-0.39, 0.29) is 12.1 Å². The summed E-state index contributed by atoms with van der Waals surface area (Å²) in [6.45, 7) is 3.00. The predicted molar refractivity (Wildman–Crippen MR) is 129 cm³/mol. The van der Waals surface area contributed by atoms with Gasteiger partial charge in [0.1, 0.15) is 11.8 Å². The lowest BCUT2D eigenvalue weighted by atomic mass is 9.98. The minimum atomic E-state index is -1.37. The molecule has 6 nitrogen and oxygen atoms in total. The van der Waals surface area contributed by atoms with Gasteiger partial charge in [0, 0.05) is 13.0 Å². The van der Waals surface area contributed by atoms with E-state index in [0.717, 1.165) is 24.2 Å². The number of benzene rings is 1. The van der Waals surface area contributed by atoms with Crippen molar-refractivity contribution in [3.63, 3.8) is 0 Å². The smallest absolute Gasteiger partial charge is 0.411 e. The number of fused-ring (bicyclic) bond motifs is 1. The van der Waals surface area contributed by atoms with Gasteiger partial charge in [0.05, 0.1) is 13.7 Å². The molecule has 0 radical (unpaired) electrons. The fourth-order valence-corrected chi connectivity index (χ4v) is 4.98. The van der Waals surface area contributed by atoms with Crippen molar-refractivity contribution in [2.24, 2.45) is 0 Å². The van der Waals surface area contributed by atoms with Gasteiger partial charge >= 0.3 is 6.09 Å². The Morgan fingerprint density at radius 3 is 2.12 bits per heavy atom. The van der Waals surface area contributed by atoms with Crippen LogP contribution in [0, 0.1) is 0 Å². The number of hydrogen-bond acceptors (Lipinski definition) is 5. The van der Waals surface area contributed by atoms with Crippen molar-refractivity contribution in [1.82, 2.24) is 4.90 Å². The molecule has 1 aromatic carbocycles. The lowest BCUT2D eigenvalue weighted by molar-refractivity contribution is -0.215. The molecular weight excluding hydrogens is 418 g/mol. The summed E-state index contributed by atoms with van der Waals surface area (Å²) in [6, 6.07) is 7.39. The Morgan fingerprint density at radius 1 is 0.970 bits per heavy atom. The Balaban J connectivity index is 1.32. The van der Waals surface area contributed by atoms with Crippen LogP contribution in [0.5, 0.6) is 5.75 Å². The molecule has 2 heterocycles. The lowest BCUT2D eigenvalue weighted by Crippen LogP contribution is -2.43. The summed E-state index contributed by atoms with van der Waals surface area (Å²) in [4.78, 5) is 14.2. The van der Waals surface area contributed by atoms with E-state index < -0.39 is 11.9 Å². The number of carbonyl (C=O) groups excluding carboxylic acids is 1. The van der Waals surface area contributed by atoms with Crippen molar-refractivity contribution < 1.29 is 24.1 Å². The zero-order chi connectivity index (χ0) is 23.5. The molecule has 2 saturated heterocycles. The fourth-order valence-electron chi connectivity index (χ4n) is 4.98. The summed E-state index contributed by atoms with van der Waals surface area (Å²) >= 11 is 0. The summed E-state index contributed by atoms with van der Waals surface area (Å²) in [5, 5.41) is 11.1. The Kier molecular flexibility index (Phi) is 10.3. The Labute approximate surface area is 199 Å². The third-order valence-electron chi connectivity index (χ3n) is 7.06. The van der Waals surface area contributed by atoms with Gasteiger partial charge in [-0.25, -0.2) is 4.79 Å². The van der Waals surface area contributed by atoms with Crippen LogP contribution in [0.4, 0.5) is 4.79 Å². The molecular formula is C27H43NO5. The molecule has 1 N–H and O–H groups in total. The van der Waals surface area contributed by atoms with E-state index in [1.165, 1.54) is 64.2 Å². The summed E-state index contributed by atoms with van der Waals surface area (Å²) in [5.41, 5.74) is 0.991. The van der Waals surface area contributed by atoms with E-state index in [4.69, 9.17) is 14.2 Å². The molecule has 186 valence electrons. The summed E-state index contributed by atoms with van der Waals surface area (Å²) in [6.07, 6.45) is 14.7. The number of hydrogen-bond donors (Lipinski definition) is 1. The molecule has 2 aliphatic heterocycles. The van der Waals surface area contributed by atoms with Gasteiger partial charge in [0.2, 0.25) is 5.79 Å². The Bertz CT molecular complexity index is 709. The number of carbonyl (C=O) groups is 1. The zero-order valence-corrected chi connectivity index (χ0v) is 20.6. The SMILES string of the molecule is CCCCCCCCCCCCCCC1(O)OC[C@H]2[C@@H]1OC(=O)N2Cc1ccc(OC)cc1. The molecule has 1 unspecified atom stereocenters. The highest BCUT2D eigenvalue weighted by Crippen LogP contribution is 2.39. The van der Waals surface area contributed by atoms with Crippen LogP contribution in [-0.4, -0.2) is 47.7 Å². The molecule has 1 amide bonds. The quantitative estimate of drug-likeness (QED) is 0.297. The standard InChI is InChI=1S/C27H43NO5/c1-3-4-5-6-7-8-9-10-11-12-13-14-19-27(30)25-24(21-32-27)28(26(29)33-25)20-22-15-17-23(31-2)18-16-22/h15-18,24-25,30H,3-14,19-21H2,1-2H3/t24-,25-,27?/m0/s1. The molecule has 0 aliphatic carbocycles. The van der Waals surface area contributed by atoms with Gasteiger partial charge in [-0.2, -0.15) is 0 Å². The number of methoxy groups -OCH3 is 1. The normalized spacial score (nSPS) is 24.2. The number of aliphatic hydroxyl groups is 1. The number of nitrogens with zero attached hydrogens (tertiary/aromatic N) is 1. The van der Waals surface area contributed by atoms with Gasteiger partial charge in [-0.15, -0.1) is 0 Å². The van der Waals surface area contributed by atoms with Crippen LogP contribution in [0.15, 0.2) is 24.3 Å². The molecule has 6 heteroatoms. The topological polar surface area (TPSA) is 68.2 Å². The maximum absolute atomic E-state index is 12.5. The molecule has 3 rings (SSSR count). The van der Waals surface area contributed by atoms with Gasteiger partial charge in [0.25, 0.3) is 0 Å². The van der Waals surface area contributed by atoms with Crippen LogP contribution in [0.25, 0.3) is 0 Å². The molecule has 0 aromatic heterocycles. The third kappa shape index (κ3) is 7.35. The number of rotatable bonds is 16. The average molecular weight is 462 g/mol. The van der Waals surface area contributed by atoms with Crippen molar-refractivity contribution >= 4 is 6.09 Å². The molecule has 0 spiro atoms. The first-order valence-corrected chi connectivity index (χ1v) is 13.0. The Hall–Kier alpha value is -1.79. The van der Waals surface area contributed by atoms with E-state index in [2.05, 4.69) is 6.92 Å². The van der Waals surface area contributed by atoms with Crippen LogP contribution < -0.4 is 4.74 Å². The molecule has 33 heavy (non-hydrogen) atoms. The summed E-state index contributed by atoms with van der Waals surface area (Å²) in [7, 11) is 1.63. The van der Waals surface area contributed by atoms with E-state index >= 15 is 0 Å². The van der Waals surface area contributed by atoms with Gasteiger partial charge in [-0.1, -0.05) is 89.7 Å². The van der Waals surface area contributed by atoms with Crippen molar-refractivity contribution in [1.29, 1.82) is 0 Å². The molecule has 2 fully saturated rings. The molecule has 2 aliphatic rings. The summed E-state index contributed by atoms with van der Waals surface area (Å²) in [5.74, 6) is -0.588. The van der Waals surface area contributed by atoms with E-state index in [0.29, 0.717) is 19.6 Å². The average Bonchev–Trinajstić information content (AvgIpc) is 3.31. The second-order valence-electron chi connectivity index (χ2n) is 9.64. The van der Waals surface area contributed by atoms with E-state index in [1.807, 2.05) is 24.3 Å². The third-order valence-corrected chi connectivity index (χ3v) is 7.06. The van der Waals surface area contributed by atoms with Crippen LogP contribution in [0.2, 0.25) is 0 Å². The van der Waals surface area contributed by atoms with Gasteiger partial charge < -0.3 is 19.3 Å². The molecule has 0 saturated carbocycles. The molecule has 1 aromatic rings. The summed E-state index contributed by atoms with van der Waals surface area (Å²) < 4.78 is 16.5. The van der Waals surface area contributed by atoms with Crippen molar-refractivity contribution in [2.45, 2.75) is 115 Å². The highest BCUT2D eigenvalue weighted by Gasteiger charge is 2.58. The van der Waals surface area contributed by atoms with Crippen LogP contribution in [0.3, 0.4) is 0 Å². The fraction of sp³-hybridized carbons (Fsp3) is 0.741. The van der Waals surface area contributed by atoms with Gasteiger partial charge in [-0.3, -0.25) is 4.90 Å². The highest BCUT2D eigenvalue weighted by atomic mass is 16.7. The number of unbranched alkanes of at least 4 members (excludes halogenated alkanes) is 11. The monoisotopic (exact) mass is 461 g/mol. The van der Waals surface area contributed by atoms with Gasteiger partial charge in [-0.05, 0) is 24.1 Å². The van der Waals surface area contributed by atoms with Crippen LogP contribution in [-0.2, 0) is 16.0 Å². The first-order valence-electron chi connectivity index (χ1n) is 13.0. The van der Waals surface area contributed by atoms with Crippen molar-refractivity contribution in [3.05, 3.63) is 29.8 Å². The highest BCUT2D eigenvalue weighted by molar-refractivity contribution is 5.71. The van der Waals surface area contributed by atoms with Gasteiger partial charge in [0.15, 0.2) is 6.10 Å². The van der Waals surface area contributed by atoms with E-state index in [1.54, 1.807) is 12.0 Å². The minimum absolute atomic E-state index is 0.248. The molecule has 3 atom stereocenters. The maximum atomic E-state index is 12.5. The molecule has 0 bridgehead atoms. The largest absolute Gasteiger partial charge is 0.497 e. The van der Waals surface area contributed by atoms with E-state index in [9.17, 15) is 9.90 Å². The second-order valence-corrected chi connectivity index (χ2v) is 9.64. The predicted octanol–water partition coefficient (Wildman–Crippen LogP) is 6.19.